The van der Waals surface area contributed by atoms with Gasteiger partial charge in [0, 0.05) is 50.7 Å². The zero-order chi connectivity index (χ0) is 22.1. The third kappa shape index (κ3) is 4.61. The predicted octanol–water partition coefficient (Wildman–Crippen LogP) is 4.63. The molecular formula is C24H27F3N4O. The average Bonchev–Trinajstić information content (AvgIpc) is 3.22. The van der Waals surface area contributed by atoms with Crippen LogP contribution in [0.2, 0.25) is 0 Å². The van der Waals surface area contributed by atoms with E-state index in [0.717, 1.165) is 68.4 Å². The van der Waals surface area contributed by atoms with Crippen molar-refractivity contribution in [3.63, 3.8) is 0 Å². The number of likely N-dealkylation sites (tertiary alicyclic amines) is 1. The number of pyridine rings is 1. The maximum absolute atomic E-state index is 13.0. The molecule has 32 heavy (non-hydrogen) atoms. The number of nitrogens with zero attached hydrogens (tertiary/aromatic N) is 4. The lowest BCUT2D eigenvalue weighted by molar-refractivity contribution is -0.141. The van der Waals surface area contributed by atoms with Gasteiger partial charge in [0.25, 0.3) is 0 Å². The minimum atomic E-state index is -4.41. The molecule has 0 unspecified atom stereocenters. The summed E-state index contributed by atoms with van der Waals surface area (Å²) in [6.07, 6.45) is -2.21. The molecule has 5 nitrogen and oxygen atoms in total. The molecule has 5 rings (SSSR count). The summed E-state index contributed by atoms with van der Waals surface area (Å²) in [6.45, 7) is 5.99. The van der Waals surface area contributed by atoms with Crippen LogP contribution in [0.1, 0.15) is 24.3 Å². The van der Waals surface area contributed by atoms with E-state index in [-0.39, 0.29) is 0 Å². The first-order valence-electron chi connectivity index (χ1n) is 11.2. The molecule has 170 valence electrons. The summed E-state index contributed by atoms with van der Waals surface area (Å²) >= 11 is 0. The van der Waals surface area contributed by atoms with Gasteiger partial charge in [-0.2, -0.15) is 13.2 Å². The summed E-state index contributed by atoms with van der Waals surface area (Å²) < 4.78 is 44.9. The maximum atomic E-state index is 13.0. The molecule has 0 bridgehead atoms. The lowest BCUT2D eigenvalue weighted by Gasteiger charge is -2.43. The molecule has 2 saturated heterocycles. The van der Waals surface area contributed by atoms with Gasteiger partial charge in [0.05, 0.1) is 6.54 Å². The van der Waals surface area contributed by atoms with Crippen molar-refractivity contribution in [2.75, 3.05) is 44.2 Å². The van der Waals surface area contributed by atoms with Crippen molar-refractivity contribution in [3.05, 3.63) is 60.0 Å². The van der Waals surface area contributed by atoms with Crippen LogP contribution in [-0.2, 0) is 12.7 Å². The molecule has 2 aromatic heterocycles. The second-order valence-corrected chi connectivity index (χ2v) is 8.66. The number of halogens is 3. The predicted molar refractivity (Wildman–Crippen MR) is 118 cm³/mol. The van der Waals surface area contributed by atoms with Crippen LogP contribution in [0, 0.1) is 0 Å². The van der Waals surface area contributed by atoms with Crippen LogP contribution < -0.4 is 4.90 Å². The maximum Gasteiger partial charge on any atom is 0.433 e. The molecular weight excluding hydrogens is 417 g/mol. The molecule has 2 aliphatic heterocycles. The molecule has 0 amide bonds. The first kappa shape index (κ1) is 21.3. The highest BCUT2D eigenvalue weighted by atomic mass is 19.4. The fourth-order valence-electron chi connectivity index (χ4n) is 4.85. The molecule has 8 heteroatoms. The van der Waals surface area contributed by atoms with Gasteiger partial charge in [-0.05, 0) is 37.1 Å². The van der Waals surface area contributed by atoms with Gasteiger partial charge in [-0.15, -0.1) is 0 Å². The second kappa shape index (κ2) is 8.75. The molecule has 0 radical (unpaired) electrons. The summed E-state index contributed by atoms with van der Waals surface area (Å²) in [7, 11) is 0. The van der Waals surface area contributed by atoms with Crippen LogP contribution in [0.15, 0.2) is 52.9 Å². The Morgan fingerprint density at radius 1 is 0.906 bits per heavy atom. The van der Waals surface area contributed by atoms with Gasteiger partial charge in [0.1, 0.15) is 22.9 Å². The molecule has 4 heterocycles. The number of hydrogen-bond acceptors (Lipinski definition) is 5. The average molecular weight is 445 g/mol. The fraction of sp³-hybridized carbons (Fsp3) is 0.458. The zero-order valence-corrected chi connectivity index (χ0v) is 17.9. The Hall–Kier alpha value is -2.58. The Labute approximate surface area is 185 Å². The number of para-hydroxylation sites is 1. The molecule has 3 aromatic rings. The number of rotatable bonds is 4. The van der Waals surface area contributed by atoms with E-state index in [1.54, 1.807) is 6.07 Å². The summed E-state index contributed by atoms with van der Waals surface area (Å²) in [5, 5.41) is 1.14. The van der Waals surface area contributed by atoms with E-state index in [1.807, 2.05) is 23.1 Å². The van der Waals surface area contributed by atoms with E-state index >= 15 is 0 Å². The van der Waals surface area contributed by atoms with Crippen LogP contribution in [0.25, 0.3) is 11.0 Å². The number of anilines is 1. The van der Waals surface area contributed by atoms with Gasteiger partial charge < -0.3 is 9.32 Å². The quantitative estimate of drug-likeness (QED) is 0.586. The van der Waals surface area contributed by atoms with Crippen molar-refractivity contribution in [2.45, 2.75) is 31.6 Å². The topological polar surface area (TPSA) is 35.8 Å². The second-order valence-electron chi connectivity index (χ2n) is 8.66. The van der Waals surface area contributed by atoms with Crippen molar-refractivity contribution in [1.29, 1.82) is 0 Å². The number of alkyl halides is 3. The third-order valence-electron chi connectivity index (χ3n) is 6.59. The molecule has 0 aliphatic carbocycles. The molecule has 0 atom stereocenters. The zero-order valence-electron chi connectivity index (χ0n) is 17.9. The van der Waals surface area contributed by atoms with E-state index in [4.69, 9.17) is 4.42 Å². The standard InChI is InChI=1S/C24H27F3N4O/c25-24(26,27)22-6-3-7-23(28-22)31-14-12-30(13-15-31)19-8-10-29(11-9-19)17-20-16-18-4-1-2-5-21(18)32-20/h1-7,16,19H,8-15,17H2. The Kier molecular flexibility index (Phi) is 5.82. The summed E-state index contributed by atoms with van der Waals surface area (Å²) in [4.78, 5) is 10.7. The fourth-order valence-corrected chi connectivity index (χ4v) is 4.85. The van der Waals surface area contributed by atoms with Gasteiger partial charge >= 0.3 is 6.18 Å². The molecule has 1 aromatic carbocycles. The number of fused-ring (bicyclic) bond motifs is 1. The van der Waals surface area contributed by atoms with Gasteiger partial charge in [-0.25, -0.2) is 4.98 Å². The monoisotopic (exact) mass is 444 g/mol. The van der Waals surface area contributed by atoms with E-state index in [2.05, 4.69) is 26.9 Å². The van der Waals surface area contributed by atoms with E-state index in [0.29, 0.717) is 24.9 Å². The van der Waals surface area contributed by atoms with Crippen LogP contribution in [0.3, 0.4) is 0 Å². The Morgan fingerprint density at radius 3 is 2.38 bits per heavy atom. The van der Waals surface area contributed by atoms with Gasteiger partial charge in [0.15, 0.2) is 0 Å². The van der Waals surface area contributed by atoms with Gasteiger partial charge in [-0.1, -0.05) is 24.3 Å². The number of piperidine rings is 1. The summed E-state index contributed by atoms with van der Waals surface area (Å²) in [5.74, 6) is 1.42. The van der Waals surface area contributed by atoms with Crippen LogP contribution in [0.4, 0.5) is 19.0 Å². The van der Waals surface area contributed by atoms with Gasteiger partial charge in [0.2, 0.25) is 0 Å². The minimum Gasteiger partial charge on any atom is -0.460 e. The number of furan rings is 1. The van der Waals surface area contributed by atoms with Crippen LogP contribution >= 0.6 is 0 Å². The summed E-state index contributed by atoms with van der Waals surface area (Å²) in [6, 6.07) is 14.9. The third-order valence-corrected chi connectivity index (χ3v) is 6.59. The number of aromatic nitrogens is 1. The molecule has 0 N–H and O–H groups in total. The van der Waals surface area contributed by atoms with Crippen molar-refractivity contribution in [1.82, 2.24) is 14.8 Å². The minimum absolute atomic E-state index is 0.417. The SMILES string of the molecule is FC(F)(F)c1cccc(N2CCN(C3CCN(Cc4cc5ccccc5o4)CC3)CC2)n1. The Bertz CT molecular complexity index is 1020. The van der Waals surface area contributed by atoms with Gasteiger partial charge in [-0.3, -0.25) is 9.80 Å². The lowest BCUT2D eigenvalue weighted by atomic mass is 10.0. The Morgan fingerprint density at radius 2 is 1.66 bits per heavy atom. The smallest absolute Gasteiger partial charge is 0.433 e. The number of piperazine rings is 1. The highest BCUT2D eigenvalue weighted by molar-refractivity contribution is 5.77. The molecule has 0 saturated carbocycles. The summed E-state index contributed by atoms with van der Waals surface area (Å²) in [5.41, 5.74) is 0.111. The highest BCUT2D eigenvalue weighted by Gasteiger charge is 2.33. The first-order valence-corrected chi connectivity index (χ1v) is 11.2. The van der Waals surface area contributed by atoms with Crippen molar-refractivity contribution in [2.24, 2.45) is 0 Å². The largest absolute Gasteiger partial charge is 0.460 e. The normalized spacial score (nSPS) is 19.7. The molecule has 2 fully saturated rings. The first-order chi connectivity index (χ1) is 15.5. The lowest BCUT2D eigenvalue weighted by Crippen LogP contribution is -2.53. The van der Waals surface area contributed by atoms with Crippen LogP contribution in [-0.4, -0.2) is 60.1 Å². The number of hydrogen-bond donors (Lipinski definition) is 0. The molecule has 0 spiro atoms. The van der Waals surface area contributed by atoms with Crippen molar-refractivity contribution < 1.29 is 17.6 Å². The highest BCUT2D eigenvalue weighted by Crippen LogP contribution is 2.29. The Balaban J connectivity index is 1.12. The van der Waals surface area contributed by atoms with E-state index in [9.17, 15) is 13.2 Å². The van der Waals surface area contributed by atoms with E-state index < -0.39 is 11.9 Å². The molecule has 2 aliphatic rings. The van der Waals surface area contributed by atoms with Crippen molar-refractivity contribution in [3.8, 4) is 0 Å². The van der Waals surface area contributed by atoms with E-state index in [1.165, 1.54) is 6.07 Å². The van der Waals surface area contributed by atoms with Crippen LogP contribution in [0.5, 0.6) is 0 Å². The van der Waals surface area contributed by atoms with Crippen molar-refractivity contribution >= 4 is 16.8 Å². The number of benzene rings is 1.